The van der Waals surface area contributed by atoms with Crippen molar-refractivity contribution in [1.82, 2.24) is 5.32 Å². The normalized spacial score (nSPS) is 14.6. The fourth-order valence-electron chi connectivity index (χ4n) is 1.31. The van der Waals surface area contributed by atoms with Crippen molar-refractivity contribution in [3.05, 3.63) is 22.4 Å². The molecule has 0 fully saturated rings. The van der Waals surface area contributed by atoms with Crippen LogP contribution in [0.4, 0.5) is 0 Å². The van der Waals surface area contributed by atoms with Crippen LogP contribution in [0, 0.1) is 5.92 Å². The summed E-state index contributed by atoms with van der Waals surface area (Å²) < 4.78 is 0. The largest absolute Gasteiger partial charge is 0.349 e. The maximum Gasteiger partial charge on any atom is 0.220 e. The molecule has 3 nitrogen and oxygen atoms in total. The van der Waals surface area contributed by atoms with Gasteiger partial charge in [-0.25, -0.2) is 0 Å². The minimum Gasteiger partial charge on any atom is -0.349 e. The third kappa shape index (κ3) is 4.01. The van der Waals surface area contributed by atoms with Gasteiger partial charge in [-0.3, -0.25) is 4.79 Å². The molecule has 2 atom stereocenters. The molecule has 1 aromatic heterocycles. The maximum atomic E-state index is 11.6. The van der Waals surface area contributed by atoms with Crippen molar-refractivity contribution in [2.45, 2.75) is 26.3 Å². The molecule has 84 valence electrons. The van der Waals surface area contributed by atoms with E-state index in [4.69, 9.17) is 5.73 Å². The Kier molecular flexibility index (Phi) is 4.78. The van der Waals surface area contributed by atoms with Crippen molar-refractivity contribution in [3.8, 4) is 0 Å². The molecule has 4 heteroatoms. The van der Waals surface area contributed by atoms with Gasteiger partial charge in [0.1, 0.15) is 0 Å². The lowest BCUT2D eigenvalue weighted by molar-refractivity contribution is -0.122. The van der Waals surface area contributed by atoms with E-state index in [2.05, 4.69) is 5.32 Å². The summed E-state index contributed by atoms with van der Waals surface area (Å²) in [6, 6.07) is 4.12. The number of carbonyl (C=O) groups excluding carboxylic acids is 1. The molecule has 0 aliphatic rings. The van der Waals surface area contributed by atoms with Gasteiger partial charge in [0.2, 0.25) is 5.91 Å². The zero-order chi connectivity index (χ0) is 11.3. The van der Waals surface area contributed by atoms with Crippen LogP contribution in [-0.4, -0.2) is 12.5 Å². The summed E-state index contributed by atoms with van der Waals surface area (Å²) in [5.41, 5.74) is 5.47. The topological polar surface area (TPSA) is 55.1 Å². The lowest BCUT2D eigenvalue weighted by Crippen LogP contribution is -2.29. The summed E-state index contributed by atoms with van der Waals surface area (Å²) in [6.45, 7) is 4.53. The Morgan fingerprint density at radius 1 is 1.60 bits per heavy atom. The number of nitrogens with two attached hydrogens (primary N) is 1. The summed E-state index contributed by atoms with van der Waals surface area (Å²) in [5.74, 6) is 0.328. The first kappa shape index (κ1) is 12.2. The van der Waals surface area contributed by atoms with Gasteiger partial charge in [0, 0.05) is 11.3 Å². The van der Waals surface area contributed by atoms with E-state index in [1.807, 2.05) is 31.4 Å². The van der Waals surface area contributed by atoms with Crippen molar-refractivity contribution in [3.63, 3.8) is 0 Å². The highest BCUT2D eigenvalue weighted by atomic mass is 32.1. The third-order valence-corrected chi connectivity index (χ3v) is 3.34. The second-order valence-corrected chi connectivity index (χ2v) is 4.83. The molecule has 0 bridgehead atoms. The van der Waals surface area contributed by atoms with E-state index in [0.717, 1.165) is 0 Å². The van der Waals surface area contributed by atoms with E-state index in [1.54, 1.807) is 11.3 Å². The van der Waals surface area contributed by atoms with E-state index >= 15 is 0 Å². The first-order valence-corrected chi connectivity index (χ1v) is 6.04. The van der Waals surface area contributed by atoms with Gasteiger partial charge in [0.15, 0.2) is 0 Å². The second kappa shape index (κ2) is 5.88. The number of hydrogen-bond donors (Lipinski definition) is 2. The molecule has 3 N–H and O–H groups in total. The molecule has 1 rings (SSSR count). The van der Waals surface area contributed by atoms with Gasteiger partial charge in [-0.1, -0.05) is 13.0 Å². The molecule has 0 aliphatic carbocycles. The van der Waals surface area contributed by atoms with Gasteiger partial charge in [0.05, 0.1) is 6.04 Å². The Balaban J connectivity index is 2.38. The van der Waals surface area contributed by atoms with Gasteiger partial charge in [-0.15, -0.1) is 11.3 Å². The molecule has 1 unspecified atom stereocenters. The predicted octanol–water partition coefficient (Wildman–Crippen LogP) is 1.91. The zero-order valence-electron chi connectivity index (χ0n) is 9.19. The van der Waals surface area contributed by atoms with Crippen LogP contribution in [0.25, 0.3) is 0 Å². The van der Waals surface area contributed by atoms with Crippen LogP contribution in [0.1, 0.15) is 31.2 Å². The average molecular weight is 226 g/mol. The monoisotopic (exact) mass is 226 g/mol. The lowest BCUT2D eigenvalue weighted by atomic mass is 10.1. The zero-order valence-corrected chi connectivity index (χ0v) is 10.0. The predicted molar refractivity (Wildman–Crippen MR) is 63.7 cm³/mol. The van der Waals surface area contributed by atoms with Crippen molar-refractivity contribution in [1.29, 1.82) is 0 Å². The highest BCUT2D eigenvalue weighted by Gasteiger charge is 2.12. The molecule has 0 aromatic carbocycles. The molecule has 0 spiro atoms. The standard InChI is InChI=1S/C11H18N2OS/c1-8(7-12)6-11(14)13-9(2)10-4-3-5-15-10/h3-5,8-9H,6-7,12H2,1-2H3,(H,13,14)/t8?,9-/m1/s1. The van der Waals surface area contributed by atoms with E-state index in [9.17, 15) is 4.79 Å². The molecule has 1 heterocycles. The van der Waals surface area contributed by atoms with E-state index in [1.165, 1.54) is 4.88 Å². The van der Waals surface area contributed by atoms with Crippen LogP contribution in [0.15, 0.2) is 17.5 Å². The molecule has 0 saturated heterocycles. The number of carbonyl (C=O) groups is 1. The fraction of sp³-hybridized carbons (Fsp3) is 0.545. The van der Waals surface area contributed by atoms with E-state index in [-0.39, 0.29) is 17.9 Å². The summed E-state index contributed by atoms with van der Waals surface area (Å²) in [5, 5.41) is 4.98. The molecular weight excluding hydrogens is 208 g/mol. The van der Waals surface area contributed by atoms with Crippen LogP contribution >= 0.6 is 11.3 Å². The lowest BCUT2D eigenvalue weighted by Gasteiger charge is -2.14. The molecule has 15 heavy (non-hydrogen) atoms. The molecular formula is C11H18N2OS. The minimum atomic E-state index is 0.0776. The molecule has 0 aliphatic heterocycles. The van der Waals surface area contributed by atoms with Crippen LogP contribution in [0.5, 0.6) is 0 Å². The quantitative estimate of drug-likeness (QED) is 0.806. The summed E-state index contributed by atoms with van der Waals surface area (Å²) >= 11 is 1.66. The first-order chi connectivity index (χ1) is 7.13. The van der Waals surface area contributed by atoms with Crippen molar-refractivity contribution < 1.29 is 4.79 Å². The van der Waals surface area contributed by atoms with Gasteiger partial charge < -0.3 is 11.1 Å². The van der Waals surface area contributed by atoms with E-state index < -0.39 is 0 Å². The highest BCUT2D eigenvalue weighted by molar-refractivity contribution is 7.10. The number of nitrogens with one attached hydrogen (secondary N) is 1. The minimum absolute atomic E-state index is 0.0776. The Bertz CT molecular complexity index is 298. The fourth-order valence-corrected chi connectivity index (χ4v) is 2.04. The first-order valence-electron chi connectivity index (χ1n) is 5.16. The SMILES string of the molecule is CC(CN)CC(=O)N[C@H](C)c1cccs1. The van der Waals surface area contributed by atoms with Crippen LogP contribution < -0.4 is 11.1 Å². The summed E-state index contributed by atoms with van der Waals surface area (Å²) in [7, 11) is 0. The van der Waals surface area contributed by atoms with E-state index in [0.29, 0.717) is 13.0 Å². The average Bonchev–Trinajstić information content (AvgIpc) is 2.70. The molecule has 1 aromatic rings. The second-order valence-electron chi connectivity index (χ2n) is 3.85. The number of amides is 1. The van der Waals surface area contributed by atoms with Gasteiger partial charge in [0.25, 0.3) is 0 Å². The van der Waals surface area contributed by atoms with Crippen molar-refractivity contribution in [2.75, 3.05) is 6.54 Å². The molecule has 0 saturated carbocycles. The van der Waals surface area contributed by atoms with Crippen molar-refractivity contribution in [2.24, 2.45) is 11.7 Å². The van der Waals surface area contributed by atoms with Crippen LogP contribution in [-0.2, 0) is 4.79 Å². The summed E-state index contributed by atoms with van der Waals surface area (Å²) in [6.07, 6.45) is 0.506. The van der Waals surface area contributed by atoms with Gasteiger partial charge >= 0.3 is 0 Å². The Morgan fingerprint density at radius 3 is 2.87 bits per heavy atom. The Hall–Kier alpha value is -0.870. The van der Waals surface area contributed by atoms with Crippen LogP contribution in [0.3, 0.4) is 0 Å². The Morgan fingerprint density at radius 2 is 2.33 bits per heavy atom. The summed E-state index contributed by atoms with van der Waals surface area (Å²) in [4.78, 5) is 12.7. The maximum absolute atomic E-state index is 11.6. The molecule has 1 amide bonds. The Labute approximate surface area is 94.7 Å². The van der Waals surface area contributed by atoms with Gasteiger partial charge in [-0.05, 0) is 30.8 Å². The number of rotatable bonds is 5. The molecule has 0 radical (unpaired) electrons. The third-order valence-electron chi connectivity index (χ3n) is 2.28. The number of thiophene rings is 1. The van der Waals surface area contributed by atoms with Crippen LogP contribution in [0.2, 0.25) is 0 Å². The van der Waals surface area contributed by atoms with Gasteiger partial charge in [-0.2, -0.15) is 0 Å². The smallest absolute Gasteiger partial charge is 0.220 e. The van der Waals surface area contributed by atoms with Crippen molar-refractivity contribution >= 4 is 17.2 Å². The number of hydrogen-bond acceptors (Lipinski definition) is 3. The highest BCUT2D eigenvalue weighted by Crippen LogP contribution is 2.18.